The summed E-state index contributed by atoms with van der Waals surface area (Å²) in [6.45, 7) is 2.96. The van der Waals surface area contributed by atoms with Crippen LogP contribution in [0.5, 0.6) is 0 Å². The highest BCUT2D eigenvalue weighted by molar-refractivity contribution is 7.87. The Morgan fingerprint density at radius 3 is 2.36 bits per heavy atom. The zero-order valence-electron chi connectivity index (χ0n) is 18.4. The summed E-state index contributed by atoms with van der Waals surface area (Å²) in [7, 11) is -3.88. The summed E-state index contributed by atoms with van der Waals surface area (Å²) in [6.07, 6.45) is 2.35. The van der Waals surface area contributed by atoms with Crippen LogP contribution in [0.3, 0.4) is 0 Å². The lowest BCUT2D eigenvalue weighted by Gasteiger charge is -2.31. The Kier molecular flexibility index (Phi) is 7.11. The van der Waals surface area contributed by atoms with Crippen molar-refractivity contribution in [3.8, 4) is 0 Å². The molecule has 2 aliphatic rings. The van der Waals surface area contributed by atoms with E-state index in [0.717, 1.165) is 29.7 Å². The molecule has 2 heterocycles. The van der Waals surface area contributed by atoms with E-state index in [9.17, 15) is 8.42 Å². The molecule has 0 saturated carbocycles. The fourth-order valence-corrected chi connectivity index (χ4v) is 5.34. The second-order valence-electron chi connectivity index (χ2n) is 8.10. The van der Waals surface area contributed by atoms with Gasteiger partial charge in [0.25, 0.3) is 5.96 Å². The average molecular weight is 487 g/mol. The van der Waals surface area contributed by atoms with Gasteiger partial charge >= 0.3 is 10.2 Å². The fraction of sp³-hybridized carbons (Fsp3) is 0.348. The molecular weight excluding hydrogens is 460 g/mol. The maximum atomic E-state index is 12.9. The molecule has 174 valence electrons. The van der Waals surface area contributed by atoms with Crippen molar-refractivity contribution in [2.24, 2.45) is 20.2 Å². The number of benzene rings is 2. The zero-order chi connectivity index (χ0) is 23.4. The number of rotatable bonds is 4. The molecule has 8 nitrogen and oxygen atoms in total. The molecule has 0 spiro atoms. The van der Waals surface area contributed by atoms with E-state index in [1.807, 2.05) is 42.5 Å². The summed E-state index contributed by atoms with van der Waals surface area (Å²) >= 11 is 6.10. The number of aliphatic imine (C=N–C) groups is 1. The second-order valence-corrected chi connectivity index (χ2v) is 10.1. The normalized spacial score (nSPS) is 20.7. The minimum absolute atomic E-state index is 0.0279. The molecule has 0 radical (unpaired) electrons. The Morgan fingerprint density at radius 2 is 1.73 bits per heavy atom. The molecule has 2 aromatic rings. The van der Waals surface area contributed by atoms with E-state index in [0.29, 0.717) is 31.1 Å². The predicted octanol–water partition coefficient (Wildman–Crippen LogP) is 3.61. The predicted molar refractivity (Wildman–Crippen MR) is 133 cm³/mol. The Morgan fingerprint density at radius 1 is 1.06 bits per heavy atom. The molecule has 4 rings (SSSR count). The number of nitrogens with two attached hydrogens (primary N) is 1. The summed E-state index contributed by atoms with van der Waals surface area (Å²) in [5.41, 5.74) is 8.64. The summed E-state index contributed by atoms with van der Waals surface area (Å²) in [6, 6.07) is 17.6. The van der Waals surface area contributed by atoms with Crippen LogP contribution >= 0.6 is 11.6 Å². The Balaban J connectivity index is 1.78. The number of hydrogen-bond acceptors (Lipinski definition) is 3. The van der Waals surface area contributed by atoms with Gasteiger partial charge in [0.2, 0.25) is 0 Å². The molecule has 0 amide bonds. The maximum Gasteiger partial charge on any atom is 0.325 e. The summed E-state index contributed by atoms with van der Waals surface area (Å²) in [4.78, 5) is 4.23. The Hall–Kier alpha value is -2.75. The van der Waals surface area contributed by atoms with Crippen LogP contribution in [-0.2, 0) is 10.2 Å². The van der Waals surface area contributed by atoms with Gasteiger partial charge in [0, 0.05) is 30.6 Å². The number of hydrogen-bond donors (Lipinski definition) is 1. The minimum atomic E-state index is -3.88. The van der Waals surface area contributed by atoms with Gasteiger partial charge in [-0.3, -0.25) is 0 Å². The standard InChI is InChI=1S/C23H27ClN6O2S/c1-17(25)26-23(28-33(31,32)29-14-5-6-15-29)30-16-13-21(18-7-3-2-4-8-18)22(27-30)19-9-11-20(24)12-10-19/h2-4,7-12,21H,5-6,13-16H2,1H3,(H2,25,26,28). The first-order valence-electron chi connectivity index (χ1n) is 10.9. The van der Waals surface area contributed by atoms with Crippen LogP contribution < -0.4 is 5.73 Å². The lowest BCUT2D eigenvalue weighted by atomic mass is 9.86. The summed E-state index contributed by atoms with van der Waals surface area (Å²) < 4.78 is 31.2. The molecule has 2 aliphatic heterocycles. The van der Waals surface area contributed by atoms with Gasteiger partial charge in [0.15, 0.2) is 0 Å². The van der Waals surface area contributed by atoms with Gasteiger partial charge in [-0.1, -0.05) is 54.1 Å². The average Bonchev–Trinajstić information content (AvgIpc) is 3.35. The van der Waals surface area contributed by atoms with Gasteiger partial charge in [-0.25, -0.2) is 5.01 Å². The number of guanidine groups is 1. The lowest BCUT2D eigenvalue weighted by molar-refractivity contribution is 0.399. The van der Waals surface area contributed by atoms with Crippen molar-refractivity contribution < 1.29 is 8.42 Å². The minimum Gasteiger partial charge on any atom is -0.387 e. The van der Waals surface area contributed by atoms with Crippen LogP contribution in [0.1, 0.15) is 43.2 Å². The largest absolute Gasteiger partial charge is 0.387 e. The van der Waals surface area contributed by atoms with Crippen molar-refractivity contribution in [1.29, 1.82) is 0 Å². The zero-order valence-corrected chi connectivity index (χ0v) is 20.0. The molecule has 2 N–H and O–H groups in total. The van der Waals surface area contributed by atoms with E-state index in [-0.39, 0.29) is 17.7 Å². The molecule has 1 fully saturated rings. The molecular formula is C23H27ClN6O2S. The number of halogens is 1. The third-order valence-electron chi connectivity index (χ3n) is 5.63. The Labute approximate surface area is 199 Å². The molecule has 33 heavy (non-hydrogen) atoms. The molecule has 0 aliphatic carbocycles. The lowest BCUT2D eigenvalue weighted by Crippen LogP contribution is -2.37. The third-order valence-corrected chi connectivity index (χ3v) is 7.29. The smallest absolute Gasteiger partial charge is 0.325 e. The molecule has 2 aromatic carbocycles. The van der Waals surface area contributed by atoms with Crippen LogP contribution in [0.15, 0.2) is 69.1 Å². The highest BCUT2D eigenvalue weighted by Gasteiger charge is 2.31. The Bertz CT molecular complexity index is 1170. The van der Waals surface area contributed by atoms with E-state index in [4.69, 9.17) is 22.4 Å². The molecule has 0 bridgehead atoms. The van der Waals surface area contributed by atoms with Crippen molar-refractivity contribution in [2.75, 3.05) is 19.6 Å². The van der Waals surface area contributed by atoms with Crippen molar-refractivity contribution in [2.45, 2.75) is 32.1 Å². The van der Waals surface area contributed by atoms with Gasteiger partial charge in [0.05, 0.1) is 11.5 Å². The third kappa shape index (κ3) is 5.61. The maximum absolute atomic E-state index is 12.9. The van der Waals surface area contributed by atoms with E-state index >= 15 is 0 Å². The van der Waals surface area contributed by atoms with Gasteiger partial charge < -0.3 is 5.73 Å². The number of nitrogens with zero attached hydrogens (tertiary/aromatic N) is 5. The van der Waals surface area contributed by atoms with E-state index in [1.165, 1.54) is 9.31 Å². The van der Waals surface area contributed by atoms with Gasteiger partial charge in [0.1, 0.15) is 0 Å². The van der Waals surface area contributed by atoms with Crippen LogP contribution in [0.4, 0.5) is 0 Å². The van der Waals surface area contributed by atoms with E-state index in [2.05, 4.69) is 21.5 Å². The quantitative estimate of drug-likeness (QED) is 0.526. The van der Waals surface area contributed by atoms with Crippen LogP contribution in [0.25, 0.3) is 0 Å². The van der Waals surface area contributed by atoms with Gasteiger partial charge in [-0.15, -0.1) is 4.40 Å². The monoisotopic (exact) mass is 486 g/mol. The molecule has 10 heteroatoms. The first kappa shape index (κ1) is 23.4. The molecule has 1 atom stereocenters. The number of amidine groups is 1. The van der Waals surface area contributed by atoms with Gasteiger partial charge in [-0.05, 0) is 49.4 Å². The first-order chi connectivity index (χ1) is 15.8. The molecule has 0 aromatic heterocycles. The van der Waals surface area contributed by atoms with Crippen LogP contribution in [-0.4, -0.2) is 54.9 Å². The molecule has 1 unspecified atom stereocenters. The second kappa shape index (κ2) is 10.0. The first-order valence-corrected chi connectivity index (χ1v) is 12.7. The highest BCUT2D eigenvalue weighted by atomic mass is 35.5. The SMILES string of the molecule is C/C(N)=N/C(=N\S(=O)(=O)N1CCCC1)N1CCC(c2ccccc2)C(c2ccc(Cl)cc2)=N1. The van der Waals surface area contributed by atoms with Crippen molar-refractivity contribution >= 4 is 39.3 Å². The topological polar surface area (TPSA) is 104 Å². The van der Waals surface area contributed by atoms with Gasteiger partial charge in [-0.2, -0.15) is 22.8 Å². The van der Waals surface area contributed by atoms with E-state index < -0.39 is 10.2 Å². The highest BCUT2D eigenvalue weighted by Crippen LogP contribution is 2.30. The fourth-order valence-electron chi connectivity index (χ4n) is 4.03. The molecule has 1 saturated heterocycles. The van der Waals surface area contributed by atoms with Crippen LogP contribution in [0.2, 0.25) is 5.02 Å². The van der Waals surface area contributed by atoms with Crippen molar-refractivity contribution in [3.05, 3.63) is 70.7 Å². The van der Waals surface area contributed by atoms with Crippen molar-refractivity contribution in [3.63, 3.8) is 0 Å². The van der Waals surface area contributed by atoms with Crippen LogP contribution in [0, 0.1) is 0 Å². The summed E-state index contributed by atoms with van der Waals surface area (Å²) in [5.74, 6) is 0.210. The van der Waals surface area contributed by atoms with Crippen molar-refractivity contribution in [1.82, 2.24) is 9.31 Å². The summed E-state index contributed by atoms with van der Waals surface area (Å²) in [5, 5.41) is 7.00. The van der Waals surface area contributed by atoms with E-state index in [1.54, 1.807) is 6.92 Å². The number of hydrazone groups is 1.